The fraction of sp³-hybridized carbons (Fsp3) is 0.533. The molecule has 0 unspecified atom stereocenters. The van der Waals surface area contributed by atoms with Gasteiger partial charge in [0.05, 0.1) is 0 Å². The molecule has 1 aromatic rings. The number of aryl methyl sites for hydroxylation is 1. The normalized spacial score (nSPS) is 12.9. The van der Waals surface area contributed by atoms with Crippen molar-refractivity contribution in [3.63, 3.8) is 0 Å². The van der Waals surface area contributed by atoms with Crippen molar-refractivity contribution in [3.8, 4) is 5.75 Å². The van der Waals surface area contributed by atoms with Crippen molar-refractivity contribution in [2.24, 2.45) is 5.73 Å². The van der Waals surface area contributed by atoms with E-state index >= 15 is 0 Å². The predicted octanol–water partition coefficient (Wildman–Crippen LogP) is 2.31. The Balaban J connectivity index is 2.61. The highest BCUT2D eigenvalue weighted by Crippen LogP contribution is 2.21. The van der Waals surface area contributed by atoms with Crippen LogP contribution in [0.5, 0.6) is 5.75 Å². The molecule has 0 saturated carbocycles. The Morgan fingerprint density at radius 2 is 2.05 bits per heavy atom. The number of hydrogen-bond acceptors (Lipinski definition) is 3. The second-order valence-corrected chi connectivity index (χ2v) is 5.90. The zero-order chi connectivity index (χ0) is 14.6. The van der Waals surface area contributed by atoms with E-state index in [-0.39, 0.29) is 24.1 Å². The number of benzene rings is 1. The Morgan fingerprint density at radius 3 is 2.53 bits per heavy atom. The molecule has 0 saturated heterocycles. The van der Waals surface area contributed by atoms with E-state index in [1.54, 1.807) is 0 Å². The first kappa shape index (κ1) is 15.5. The molecule has 0 aromatic heterocycles. The van der Waals surface area contributed by atoms with Crippen molar-refractivity contribution in [2.75, 3.05) is 6.61 Å². The van der Waals surface area contributed by atoms with Gasteiger partial charge in [-0.1, -0.05) is 12.1 Å². The van der Waals surface area contributed by atoms with Gasteiger partial charge in [0.25, 0.3) is 5.91 Å². The summed E-state index contributed by atoms with van der Waals surface area (Å²) in [6.45, 7) is 9.72. The number of carbonyl (C=O) groups excluding carboxylic acids is 1. The van der Waals surface area contributed by atoms with Gasteiger partial charge in [0, 0.05) is 11.6 Å². The lowest BCUT2D eigenvalue weighted by Gasteiger charge is -2.20. The van der Waals surface area contributed by atoms with Crippen molar-refractivity contribution in [1.82, 2.24) is 5.32 Å². The van der Waals surface area contributed by atoms with E-state index in [1.165, 1.54) is 0 Å². The molecule has 0 aliphatic heterocycles. The number of hydrogen-bond donors (Lipinski definition) is 2. The van der Waals surface area contributed by atoms with Gasteiger partial charge in [0.2, 0.25) is 0 Å². The molecule has 1 amide bonds. The van der Waals surface area contributed by atoms with Crippen molar-refractivity contribution < 1.29 is 9.53 Å². The number of nitrogens with one attached hydrogen (secondary N) is 1. The average Bonchev–Trinajstić information content (AvgIpc) is 2.24. The number of ether oxygens (including phenoxy) is 1. The fourth-order valence-electron chi connectivity index (χ4n) is 1.72. The lowest BCUT2D eigenvalue weighted by atomic mass is 10.1. The van der Waals surface area contributed by atoms with Crippen LogP contribution in [0.1, 0.15) is 44.9 Å². The first-order valence-corrected chi connectivity index (χ1v) is 6.49. The van der Waals surface area contributed by atoms with E-state index in [0.29, 0.717) is 5.75 Å². The van der Waals surface area contributed by atoms with Crippen LogP contribution in [-0.2, 0) is 4.79 Å². The molecule has 0 radical (unpaired) electrons. The molecule has 0 fully saturated rings. The smallest absolute Gasteiger partial charge is 0.258 e. The minimum absolute atomic E-state index is 0.00283. The number of amides is 1. The first-order chi connectivity index (χ1) is 8.69. The molecule has 4 nitrogen and oxygen atoms in total. The Hall–Kier alpha value is -1.55. The van der Waals surface area contributed by atoms with Crippen molar-refractivity contribution in [3.05, 3.63) is 29.3 Å². The number of rotatable bonds is 4. The molecular weight excluding hydrogens is 240 g/mol. The first-order valence-electron chi connectivity index (χ1n) is 6.49. The zero-order valence-electron chi connectivity index (χ0n) is 12.4. The molecule has 0 aliphatic rings. The Labute approximate surface area is 115 Å². The maximum atomic E-state index is 11.7. The number of carbonyl (C=O) groups is 1. The second kappa shape index (κ2) is 6.06. The Kier molecular flexibility index (Phi) is 4.95. The molecule has 4 heteroatoms. The molecule has 0 aliphatic carbocycles. The van der Waals surface area contributed by atoms with Crippen molar-refractivity contribution >= 4 is 5.91 Å². The van der Waals surface area contributed by atoms with E-state index < -0.39 is 0 Å². The highest BCUT2D eigenvalue weighted by molar-refractivity contribution is 5.78. The molecule has 3 N–H and O–H groups in total. The fourth-order valence-corrected chi connectivity index (χ4v) is 1.72. The molecule has 1 atom stereocenters. The standard InChI is InChI=1S/C15H24N2O2/c1-10-8-12(11(2)16)6-7-13(10)19-9-14(18)17-15(3,4)5/h6-8,11H,9,16H2,1-5H3,(H,17,18)/t11-/m0/s1. The lowest BCUT2D eigenvalue weighted by Crippen LogP contribution is -2.43. The van der Waals surface area contributed by atoms with Gasteiger partial charge >= 0.3 is 0 Å². The highest BCUT2D eigenvalue weighted by atomic mass is 16.5. The average molecular weight is 264 g/mol. The van der Waals surface area contributed by atoms with Crippen LogP contribution in [0, 0.1) is 6.92 Å². The van der Waals surface area contributed by atoms with Gasteiger partial charge < -0.3 is 15.8 Å². The van der Waals surface area contributed by atoms with Crippen molar-refractivity contribution in [2.45, 2.75) is 46.2 Å². The molecule has 0 bridgehead atoms. The molecule has 0 spiro atoms. The third-order valence-corrected chi connectivity index (χ3v) is 2.60. The van der Waals surface area contributed by atoms with Crippen LogP contribution in [0.3, 0.4) is 0 Å². The molecular formula is C15H24N2O2. The van der Waals surface area contributed by atoms with Gasteiger partial charge in [-0.15, -0.1) is 0 Å². The third kappa shape index (κ3) is 5.30. The van der Waals surface area contributed by atoms with Crippen LogP contribution in [-0.4, -0.2) is 18.1 Å². The van der Waals surface area contributed by atoms with Gasteiger partial charge in [-0.25, -0.2) is 0 Å². The monoisotopic (exact) mass is 264 g/mol. The Morgan fingerprint density at radius 1 is 1.42 bits per heavy atom. The zero-order valence-corrected chi connectivity index (χ0v) is 12.4. The molecule has 1 rings (SSSR count). The highest BCUT2D eigenvalue weighted by Gasteiger charge is 2.14. The van der Waals surface area contributed by atoms with E-state index in [2.05, 4.69) is 5.32 Å². The van der Waals surface area contributed by atoms with Crippen LogP contribution in [0.15, 0.2) is 18.2 Å². The van der Waals surface area contributed by atoms with Crippen LogP contribution in [0.4, 0.5) is 0 Å². The molecule has 19 heavy (non-hydrogen) atoms. The summed E-state index contributed by atoms with van der Waals surface area (Å²) < 4.78 is 5.53. The van der Waals surface area contributed by atoms with E-state index in [4.69, 9.17) is 10.5 Å². The lowest BCUT2D eigenvalue weighted by molar-refractivity contribution is -0.124. The second-order valence-electron chi connectivity index (χ2n) is 5.90. The molecule has 0 heterocycles. The number of nitrogens with two attached hydrogens (primary N) is 1. The summed E-state index contributed by atoms with van der Waals surface area (Å²) >= 11 is 0. The molecule has 106 valence electrons. The van der Waals surface area contributed by atoms with Crippen LogP contribution in [0.2, 0.25) is 0 Å². The molecule has 1 aromatic carbocycles. The maximum absolute atomic E-state index is 11.7. The van der Waals surface area contributed by atoms with Crippen LogP contribution >= 0.6 is 0 Å². The minimum atomic E-state index is -0.242. The summed E-state index contributed by atoms with van der Waals surface area (Å²) in [6, 6.07) is 5.77. The summed E-state index contributed by atoms with van der Waals surface area (Å²) in [5, 5.41) is 2.85. The van der Waals surface area contributed by atoms with Gasteiger partial charge in [-0.2, -0.15) is 0 Å². The van der Waals surface area contributed by atoms with Gasteiger partial charge in [0.1, 0.15) is 5.75 Å². The van der Waals surface area contributed by atoms with Gasteiger partial charge in [-0.05, 0) is 51.8 Å². The maximum Gasteiger partial charge on any atom is 0.258 e. The summed E-state index contributed by atoms with van der Waals surface area (Å²) in [5.41, 5.74) is 7.62. The van der Waals surface area contributed by atoms with E-state index in [1.807, 2.05) is 52.8 Å². The van der Waals surface area contributed by atoms with Crippen molar-refractivity contribution in [1.29, 1.82) is 0 Å². The SMILES string of the molecule is Cc1cc([C@H](C)N)ccc1OCC(=O)NC(C)(C)C. The topological polar surface area (TPSA) is 64.3 Å². The quantitative estimate of drug-likeness (QED) is 0.877. The van der Waals surface area contributed by atoms with Crippen LogP contribution < -0.4 is 15.8 Å². The minimum Gasteiger partial charge on any atom is -0.484 e. The summed E-state index contributed by atoms with van der Waals surface area (Å²) in [4.78, 5) is 11.7. The van der Waals surface area contributed by atoms with Gasteiger partial charge in [-0.3, -0.25) is 4.79 Å². The summed E-state index contributed by atoms with van der Waals surface area (Å²) in [5.74, 6) is 0.594. The predicted molar refractivity (Wildman–Crippen MR) is 77.2 cm³/mol. The summed E-state index contributed by atoms with van der Waals surface area (Å²) in [6.07, 6.45) is 0. The Bertz CT molecular complexity index is 448. The third-order valence-electron chi connectivity index (χ3n) is 2.60. The van der Waals surface area contributed by atoms with Gasteiger partial charge in [0.15, 0.2) is 6.61 Å². The van der Waals surface area contributed by atoms with E-state index in [9.17, 15) is 4.79 Å². The van der Waals surface area contributed by atoms with E-state index in [0.717, 1.165) is 11.1 Å². The summed E-state index contributed by atoms with van der Waals surface area (Å²) in [7, 11) is 0. The van der Waals surface area contributed by atoms with Crippen LogP contribution in [0.25, 0.3) is 0 Å². The largest absolute Gasteiger partial charge is 0.484 e.